The minimum absolute atomic E-state index is 0.0560. The van der Waals surface area contributed by atoms with Crippen molar-refractivity contribution in [3.63, 3.8) is 0 Å². The fraction of sp³-hybridized carbons (Fsp3) is 0.409. The Bertz CT molecular complexity index is 1090. The number of ether oxygens (including phenoxy) is 1. The van der Waals surface area contributed by atoms with Crippen molar-refractivity contribution < 1.29 is 22.7 Å². The topological polar surface area (TPSA) is 115 Å². The Hall–Kier alpha value is -2.98. The van der Waals surface area contributed by atoms with Gasteiger partial charge in [0.25, 0.3) is 5.56 Å². The number of esters is 1. The molecule has 0 radical (unpaired) electrons. The second-order valence-electron chi connectivity index (χ2n) is 7.04. The molecule has 0 fully saturated rings. The summed E-state index contributed by atoms with van der Waals surface area (Å²) in [6.07, 6.45) is 2.88. The number of carbonyl (C=O) groups is 2. The Morgan fingerprint density at radius 1 is 1.03 bits per heavy atom. The first-order valence-corrected chi connectivity index (χ1v) is 11.9. The van der Waals surface area contributed by atoms with Gasteiger partial charge in [-0.05, 0) is 36.8 Å². The lowest BCUT2D eigenvalue weighted by Gasteiger charge is -2.19. The molecule has 1 amide bonds. The van der Waals surface area contributed by atoms with Gasteiger partial charge in [-0.15, -0.1) is 0 Å². The van der Waals surface area contributed by atoms with E-state index in [4.69, 9.17) is 4.74 Å². The third-order valence-corrected chi connectivity index (χ3v) is 6.78. The van der Waals surface area contributed by atoms with Crippen LogP contribution in [0, 0.1) is 0 Å². The maximum Gasteiger partial charge on any atom is 0.338 e. The number of unbranched alkanes of at least 4 members (excludes halogenated alkanes) is 1. The molecule has 0 unspecified atom stereocenters. The largest absolute Gasteiger partial charge is 0.462 e. The van der Waals surface area contributed by atoms with Gasteiger partial charge in [0.05, 0.1) is 17.1 Å². The van der Waals surface area contributed by atoms with Crippen LogP contribution >= 0.6 is 0 Å². The zero-order valence-corrected chi connectivity index (χ0v) is 19.4. The fourth-order valence-corrected chi connectivity index (χ4v) is 4.41. The van der Waals surface area contributed by atoms with Gasteiger partial charge in [0, 0.05) is 31.0 Å². The molecule has 2 aromatic rings. The van der Waals surface area contributed by atoms with E-state index >= 15 is 0 Å². The Morgan fingerprint density at radius 3 is 2.28 bits per heavy atom. The summed E-state index contributed by atoms with van der Waals surface area (Å²) in [5.74, 6) is -0.947. The van der Waals surface area contributed by atoms with E-state index in [1.807, 2.05) is 6.92 Å². The fourth-order valence-electron chi connectivity index (χ4n) is 2.94. The van der Waals surface area contributed by atoms with E-state index in [0.717, 1.165) is 23.5 Å². The molecular weight excluding hydrogens is 434 g/mol. The van der Waals surface area contributed by atoms with Gasteiger partial charge in [0.2, 0.25) is 15.9 Å². The van der Waals surface area contributed by atoms with Gasteiger partial charge in [-0.1, -0.05) is 27.2 Å². The molecule has 10 heteroatoms. The molecular formula is C22H29N3O6S. The van der Waals surface area contributed by atoms with Gasteiger partial charge in [-0.3, -0.25) is 9.59 Å². The zero-order chi connectivity index (χ0) is 23.7. The molecule has 1 N–H and O–H groups in total. The highest BCUT2D eigenvalue weighted by molar-refractivity contribution is 7.89. The van der Waals surface area contributed by atoms with Crippen molar-refractivity contribution in [1.82, 2.24) is 8.87 Å². The standard InChI is InChI=1S/C22H29N3O6S/c1-4-7-14-31-22(28)17-8-10-18(11-9-17)23-20(26)16-24-15-19(12-13-21(24)27)32(29,30)25(5-2)6-3/h8-13,15H,4-7,14,16H2,1-3H3,(H,23,26). The van der Waals surface area contributed by atoms with Crippen molar-refractivity contribution in [3.05, 3.63) is 58.5 Å². The Kier molecular flexibility index (Phi) is 9.15. The molecule has 0 aliphatic carbocycles. The zero-order valence-electron chi connectivity index (χ0n) is 18.5. The van der Waals surface area contributed by atoms with Crippen LogP contribution in [0.25, 0.3) is 0 Å². The normalized spacial score (nSPS) is 11.4. The maximum atomic E-state index is 12.7. The molecule has 174 valence electrons. The summed E-state index contributed by atoms with van der Waals surface area (Å²) in [5, 5.41) is 2.63. The number of pyridine rings is 1. The van der Waals surface area contributed by atoms with Gasteiger partial charge >= 0.3 is 5.97 Å². The van der Waals surface area contributed by atoms with E-state index in [0.29, 0.717) is 30.9 Å². The minimum Gasteiger partial charge on any atom is -0.462 e. The summed E-state index contributed by atoms with van der Waals surface area (Å²) in [7, 11) is -3.76. The van der Waals surface area contributed by atoms with Gasteiger partial charge in [-0.25, -0.2) is 13.2 Å². The highest BCUT2D eigenvalue weighted by Gasteiger charge is 2.22. The Balaban J connectivity index is 2.08. The summed E-state index contributed by atoms with van der Waals surface area (Å²) in [6.45, 7) is 6.02. The number of sulfonamides is 1. The van der Waals surface area contributed by atoms with Gasteiger partial charge in [0.1, 0.15) is 6.54 Å². The number of aromatic nitrogens is 1. The molecule has 1 aromatic heterocycles. The van der Waals surface area contributed by atoms with E-state index in [1.54, 1.807) is 26.0 Å². The van der Waals surface area contributed by atoms with Crippen LogP contribution in [0.15, 0.2) is 52.3 Å². The Morgan fingerprint density at radius 2 is 1.69 bits per heavy atom. The number of amides is 1. The molecule has 32 heavy (non-hydrogen) atoms. The molecule has 0 saturated carbocycles. The maximum absolute atomic E-state index is 12.7. The molecule has 1 heterocycles. The number of carbonyl (C=O) groups excluding carboxylic acids is 2. The third kappa shape index (κ3) is 6.51. The second kappa shape index (κ2) is 11.6. The lowest BCUT2D eigenvalue weighted by atomic mass is 10.2. The average Bonchev–Trinajstić information content (AvgIpc) is 2.76. The molecule has 0 spiro atoms. The smallest absolute Gasteiger partial charge is 0.338 e. The minimum atomic E-state index is -3.76. The first-order chi connectivity index (χ1) is 15.2. The number of hydrogen-bond donors (Lipinski definition) is 1. The summed E-state index contributed by atoms with van der Waals surface area (Å²) < 4.78 is 32.8. The van der Waals surface area contributed by atoms with Crippen molar-refractivity contribution in [1.29, 1.82) is 0 Å². The third-order valence-electron chi connectivity index (χ3n) is 4.75. The predicted molar refractivity (Wildman–Crippen MR) is 121 cm³/mol. The SMILES string of the molecule is CCCCOC(=O)c1ccc(NC(=O)Cn2cc(S(=O)(=O)N(CC)CC)ccc2=O)cc1. The number of anilines is 1. The van der Waals surface area contributed by atoms with Crippen molar-refractivity contribution >= 4 is 27.6 Å². The number of hydrogen-bond acceptors (Lipinski definition) is 6. The molecule has 2 rings (SSSR count). The average molecular weight is 464 g/mol. The monoisotopic (exact) mass is 463 g/mol. The quantitative estimate of drug-likeness (QED) is 0.404. The first kappa shape index (κ1) is 25.3. The van der Waals surface area contributed by atoms with E-state index in [9.17, 15) is 22.8 Å². The van der Waals surface area contributed by atoms with Crippen LogP contribution in [0.4, 0.5) is 5.69 Å². The molecule has 9 nitrogen and oxygen atoms in total. The van der Waals surface area contributed by atoms with E-state index < -0.39 is 27.5 Å². The highest BCUT2D eigenvalue weighted by Crippen LogP contribution is 2.14. The van der Waals surface area contributed by atoms with Crippen molar-refractivity contribution in [2.45, 2.75) is 45.1 Å². The van der Waals surface area contributed by atoms with Crippen LogP contribution in [-0.2, 0) is 26.1 Å². The number of benzene rings is 1. The van der Waals surface area contributed by atoms with Gasteiger partial charge < -0.3 is 14.6 Å². The molecule has 1 aromatic carbocycles. The highest BCUT2D eigenvalue weighted by atomic mass is 32.2. The van der Waals surface area contributed by atoms with Gasteiger partial charge in [-0.2, -0.15) is 4.31 Å². The van der Waals surface area contributed by atoms with Crippen LogP contribution in [0.5, 0.6) is 0 Å². The van der Waals surface area contributed by atoms with Crippen LogP contribution in [0.3, 0.4) is 0 Å². The lowest BCUT2D eigenvalue weighted by Crippen LogP contribution is -2.33. The molecule has 0 aliphatic rings. The molecule has 0 saturated heterocycles. The van der Waals surface area contributed by atoms with E-state index in [-0.39, 0.29) is 11.4 Å². The van der Waals surface area contributed by atoms with Crippen LogP contribution < -0.4 is 10.9 Å². The first-order valence-electron chi connectivity index (χ1n) is 10.5. The van der Waals surface area contributed by atoms with Crippen molar-refractivity contribution in [2.24, 2.45) is 0 Å². The van der Waals surface area contributed by atoms with Crippen LogP contribution in [0.1, 0.15) is 44.0 Å². The number of nitrogens with one attached hydrogen (secondary N) is 1. The number of rotatable bonds is 11. The molecule has 0 bridgehead atoms. The number of nitrogens with zero attached hydrogens (tertiary/aromatic N) is 2. The van der Waals surface area contributed by atoms with Crippen molar-refractivity contribution in [2.75, 3.05) is 25.0 Å². The summed E-state index contributed by atoms with van der Waals surface area (Å²) >= 11 is 0. The predicted octanol–water partition coefficient (Wildman–Crippen LogP) is 2.47. The summed E-state index contributed by atoms with van der Waals surface area (Å²) in [6, 6.07) is 8.54. The molecule has 0 aliphatic heterocycles. The van der Waals surface area contributed by atoms with E-state index in [2.05, 4.69) is 5.32 Å². The summed E-state index contributed by atoms with van der Waals surface area (Å²) in [4.78, 5) is 36.4. The second-order valence-corrected chi connectivity index (χ2v) is 8.97. The van der Waals surface area contributed by atoms with Crippen molar-refractivity contribution in [3.8, 4) is 0 Å². The Labute approximate surface area is 188 Å². The molecule has 0 atom stereocenters. The van der Waals surface area contributed by atoms with Crippen LogP contribution in [-0.4, -0.2) is 48.9 Å². The van der Waals surface area contributed by atoms with Crippen LogP contribution in [0.2, 0.25) is 0 Å². The lowest BCUT2D eigenvalue weighted by molar-refractivity contribution is -0.116. The van der Waals surface area contributed by atoms with E-state index in [1.165, 1.54) is 28.7 Å². The van der Waals surface area contributed by atoms with Gasteiger partial charge in [0.15, 0.2) is 0 Å². The summed E-state index contributed by atoms with van der Waals surface area (Å²) in [5.41, 5.74) is 0.300.